The van der Waals surface area contributed by atoms with Gasteiger partial charge in [0.1, 0.15) is 5.75 Å². The maximum absolute atomic E-state index is 5.78. The van der Waals surface area contributed by atoms with Gasteiger partial charge in [0.25, 0.3) is 0 Å². The lowest BCUT2D eigenvalue weighted by atomic mass is 9.99. The molecule has 0 aromatic heterocycles. The van der Waals surface area contributed by atoms with Crippen molar-refractivity contribution in [3.05, 3.63) is 27.7 Å². The SMILES string of the molecule is CNC(CCCOC)Cc1cc(Br)cc2c1OCC2. The second kappa shape index (κ2) is 7.27. The fraction of sp³-hybridized carbons (Fsp3) is 0.600. The van der Waals surface area contributed by atoms with E-state index in [-0.39, 0.29) is 0 Å². The van der Waals surface area contributed by atoms with Crippen LogP contribution < -0.4 is 10.1 Å². The minimum atomic E-state index is 0.470. The van der Waals surface area contributed by atoms with Crippen molar-refractivity contribution in [3.63, 3.8) is 0 Å². The Bertz CT molecular complexity index is 423. The van der Waals surface area contributed by atoms with E-state index < -0.39 is 0 Å². The maximum atomic E-state index is 5.78. The van der Waals surface area contributed by atoms with Gasteiger partial charge in [0.2, 0.25) is 0 Å². The zero-order valence-corrected chi connectivity index (χ0v) is 13.3. The van der Waals surface area contributed by atoms with Crippen molar-refractivity contribution < 1.29 is 9.47 Å². The van der Waals surface area contributed by atoms with E-state index in [4.69, 9.17) is 9.47 Å². The smallest absolute Gasteiger partial charge is 0.125 e. The lowest BCUT2D eigenvalue weighted by molar-refractivity contribution is 0.189. The van der Waals surface area contributed by atoms with Crippen LogP contribution in [0.1, 0.15) is 24.0 Å². The van der Waals surface area contributed by atoms with Crippen molar-refractivity contribution in [1.82, 2.24) is 5.32 Å². The number of hydrogen-bond acceptors (Lipinski definition) is 3. The zero-order valence-electron chi connectivity index (χ0n) is 11.7. The van der Waals surface area contributed by atoms with Gasteiger partial charge in [-0.25, -0.2) is 0 Å². The number of benzene rings is 1. The number of nitrogens with one attached hydrogen (secondary N) is 1. The molecule has 1 aliphatic rings. The molecular weight excluding hydrogens is 306 g/mol. The summed E-state index contributed by atoms with van der Waals surface area (Å²) < 4.78 is 12.1. The molecule has 1 N–H and O–H groups in total. The molecule has 0 aliphatic carbocycles. The molecule has 0 saturated heterocycles. The highest BCUT2D eigenvalue weighted by Crippen LogP contribution is 2.33. The number of methoxy groups -OCH3 is 1. The minimum absolute atomic E-state index is 0.470. The third-order valence-corrected chi connectivity index (χ3v) is 4.06. The molecule has 4 heteroatoms. The third-order valence-electron chi connectivity index (χ3n) is 3.60. The van der Waals surface area contributed by atoms with Crippen LogP contribution >= 0.6 is 15.9 Å². The van der Waals surface area contributed by atoms with E-state index in [1.807, 2.05) is 7.05 Å². The van der Waals surface area contributed by atoms with Crippen molar-refractivity contribution in [3.8, 4) is 5.75 Å². The number of fused-ring (bicyclic) bond motifs is 1. The van der Waals surface area contributed by atoms with Gasteiger partial charge in [-0.3, -0.25) is 0 Å². The molecule has 19 heavy (non-hydrogen) atoms. The molecule has 3 nitrogen and oxygen atoms in total. The fourth-order valence-corrected chi connectivity index (χ4v) is 3.14. The molecular formula is C15H22BrNO2. The maximum Gasteiger partial charge on any atom is 0.125 e. The van der Waals surface area contributed by atoms with Gasteiger partial charge in [-0.1, -0.05) is 15.9 Å². The Morgan fingerprint density at radius 2 is 2.32 bits per heavy atom. The Morgan fingerprint density at radius 1 is 1.47 bits per heavy atom. The summed E-state index contributed by atoms with van der Waals surface area (Å²) in [6.45, 7) is 1.64. The van der Waals surface area contributed by atoms with E-state index in [9.17, 15) is 0 Å². The molecule has 1 aromatic carbocycles. The molecule has 1 heterocycles. The van der Waals surface area contributed by atoms with Gasteiger partial charge in [-0.15, -0.1) is 0 Å². The first-order valence-electron chi connectivity index (χ1n) is 6.85. The minimum Gasteiger partial charge on any atom is -0.493 e. The van der Waals surface area contributed by atoms with E-state index in [0.717, 1.165) is 49.1 Å². The summed E-state index contributed by atoms with van der Waals surface area (Å²) in [6.07, 6.45) is 4.22. The van der Waals surface area contributed by atoms with Crippen LogP contribution in [0.2, 0.25) is 0 Å². The lowest BCUT2D eigenvalue weighted by Gasteiger charge is -2.18. The Balaban J connectivity index is 2.05. The van der Waals surface area contributed by atoms with Crippen molar-refractivity contribution >= 4 is 15.9 Å². The molecule has 0 bridgehead atoms. The van der Waals surface area contributed by atoms with Crippen LogP contribution in [0.3, 0.4) is 0 Å². The summed E-state index contributed by atoms with van der Waals surface area (Å²) in [6, 6.07) is 4.83. The van der Waals surface area contributed by atoms with Crippen molar-refractivity contribution in [2.24, 2.45) is 0 Å². The molecule has 0 fully saturated rings. The molecule has 0 spiro atoms. The van der Waals surface area contributed by atoms with Gasteiger partial charge in [0, 0.05) is 30.7 Å². The first-order valence-corrected chi connectivity index (χ1v) is 7.64. The molecule has 1 atom stereocenters. The van der Waals surface area contributed by atoms with Gasteiger partial charge in [-0.2, -0.15) is 0 Å². The molecule has 0 radical (unpaired) electrons. The molecule has 0 amide bonds. The highest BCUT2D eigenvalue weighted by molar-refractivity contribution is 9.10. The van der Waals surface area contributed by atoms with E-state index >= 15 is 0 Å². The summed E-state index contributed by atoms with van der Waals surface area (Å²) in [4.78, 5) is 0. The summed E-state index contributed by atoms with van der Waals surface area (Å²) in [5.74, 6) is 1.11. The number of halogens is 1. The van der Waals surface area contributed by atoms with Gasteiger partial charge < -0.3 is 14.8 Å². The molecule has 0 saturated carbocycles. The van der Waals surface area contributed by atoms with Crippen LogP contribution in [0.25, 0.3) is 0 Å². The quantitative estimate of drug-likeness (QED) is 0.781. The zero-order chi connectivity index (χ0) is 13.7. The topological polar surface area (TPSA) is 30.5 Å². The predicted octanol–water partition coefficient (Wildman–Crippen LogP) is 2.94. The third kappa shape index (κ3) is 3.94. The molecule has 1 aliphatic heterocycles. The lowest BCUT2D eigenvalue weighted by Crippen LogP contribution is -2.28. The van der Waals surface area contributed by atoms with Gasteiger partial charge >= 0.3 is 0 Å². The Hall–Kier alpha value is -0.580. The number of likely N-dealkylation sites (N-methyl/N-ethyl adjacent to an activating group) is 1. The normalized spacial score (nSPS) is 15.1. The Morgan fingerprint density at radius 3 is 3.05 bits per heavy atom. The second-order valence-electron chi connectivity index (χ2n) is 4.98. The summed E-state index contributed by atoms with van der Waals surface area (Å²) in [5.41, 5.74) is 2.63. The van der Waals surface area contributed by atoms with Crippen LogP contribution in [0, 0.1) is 0 Å². The van der Waals surface area contributed by atoms with Crippen molar-refractivity contribution in [2.45, 2.75) is 31.7 Å². The summed E-state index contributed by atoms with van der Waals surface area (Å²) in [5, 5.41) is 3.39. The standard InChI is InChI=1S/C15H22BrNO2/c1-17-14(4-3-6-18-2)10-12-9-13(16)8-11-5-7-19-15(11)12/h8-9,14,17H,3-7,10H2,1-2H3. The van der Waals surface area contributed by atoms with Crippen molar-refractivity contribution in [1.29, 1.82) is 0 Å². The molecule has 1 aromatic rings. The van der Waals surface area contributed by atoms with Crippen molar-refractivity contribution in [2.75, 3.05) is 27.4 Å². The van der Waals surface area contributed by atoms with Gasteiger partial charge in [0.05, 0.1) is 6.61 Å². The summed E-state index contributed by atoms with van der Waals surface area (Å²) in [7, 11) is 3.78. The molecule has 2 rings (SSSR count). The van der Waals surface area contributed by atoms with Crippen LogP contribution in [0.15, 0.2) is 16.6 Å². The van der Waals surface area contributed by atoms with E-state index in [1.165, 1.54) is 11.1 Å². The second-order valence-corrected chi connectivity index (χ2v) is 5.89. The van der Waals surface area contributed by atoms with Crippen LogP contribution in [0.5, 0.6) is 5.75 Å². The van der Waals surface area contributed by atoms with Crippen LogP contribution in [-0.2, 0) is 17.6 Å². The average Bonchev–Trinajstić information content (AvgIpc) is 2.85. The molecule has 106 valence electrons. The van der Waals surface area contributed by atoms with Crippen LogP contribution in [-0.4, -0.2) is 33.4 Å². The Labute approximate surface area is 123 Å². The highest BCUT2D eigenvalue weighted by Gasteiger charge is 2.19. The number of hydrogen-bond donors (Lipinski definition) is 1. The van der Waals surface area contributed by atoms with Crippen LogP contribution in [0.4, 0.5) is 0 Å². The number of rotatable bonds is 7. The first-order chi connectivity index (χ1) is 9.24. The van der Waals surface area contributed by atoms with E-state index in [0.29, 0.717) is 6.04 Å². The number of ether oxygens (including phenoxy) is 2. The summed E-state index contributed by atoms with van der Waals surface area (Å²) >= 11 is 3.60. The first kappa shape index (κ1) is 14.8. The fourth-order valence-electron chi connectivity index (χ4n) is 2.59. The van der Waals surface area contributed by atoms with E-state index in [1.54, 1.807) is 7.11 Å². The predicted molar refractivity (Wildman–Crippen MR) is 81.0 cm³/mol. The Kier molecular flexibility index (Phi) is 5.67. The molecule has 1 unspecified atom stereocenters. The van der Waals surface area contributed by atoms with Gasteiger partial charge in [0.15, 0.2) is 0 Å². The van der Waals surface area contributed by atoms with E-state index in [2.05, 4.69) is 33.4 Å². The van der Waals surface area contributed by atoms with Gasteiger partial charge in [-0.05, 0) is 49.6 Å². The largest absolute Gasteiger partial charge is 0.493 e. The monoisotopic (exact) mass is 327 g/mol. The highest BCUT2D eigenvalue weighted by atomic mass is 79.9. The average molecular weight is 328 g/mol.